The van der Waals surface area contributed by atoms with Gasteiger partial charge in [-0.2, -0.15) is 0 Å². The van der Waals surface area contributed by atoms with Crippen molar-refractivity contribution in [2.75, 3.05) is 13.2 Å². The van der Waals surface area contributed by atoms with Crippen LogP contribution in [-0.4, -0.2) is 47.4 Å². The minimum absolute atomic E-state index is 0.000933. The second-order valence-electron chi connectivity index (χ2n) is 17.5. The fraction of sp³-hybridized carbons (Fsp3) is 0.922. The maximum atomic E-state index is 12.4. The number of rotatable bonds is 47. The van der Waals surface area contributed by atoms with E-state index in [4.69, 9.17) is 4.74 Å². The van der Waals surface area contributed by atoms with Gasteiger partial charge in [-0.05, 0) is 32.1 Å². The Hall–Kier alpha value is -1.40. The number of aliphatic hydroxyl groups excluding tert-OH is 2. The van der Waals surface area contributed by atoms with Crippen LogP contribution in [0, 0.1) is 0 Å². The van der Waals surface area contributed by atoms with Crippen LogP contribution in [0.3, 0.4) is 0 Å². The number of nitrogens with one attached hydrogen (secondary N) is 1. The number of hydrogen-bond acceptors (Lipinski definition) is 5. The highest BCUT2D eigenvalue weighted by Gasteiger charge is 2.18. The van der Waals surface area contributed by atoms with Crippen molar-refractivity contribution in [1.82, 2.24) is 5.32 Å². The van der Waals surface area contributed by atoms with Crippen LogP contribution in [-0.2, 0) is 14.3 Å². The molecule has 0 aliphatic carbocycles. The molecule has 6 nitrogen and oxygen atoms in total. The smallest absolute Gasteiger partial charge is 0.305 e. The lowest BCUT2D eigenvalue weighted by Gasteiger charge is -2.20. The van der Waals surface area contributed by atoms with Gasteiger partial charge in [0.1, 0.15) is 0 Å². The normalized spacial score (nSPS) is 12.7. The first-order valence-electron chi connectivity index (χ1n) is 25.5. The Morgan fingerprint density at radius 3 is 1.19 bits per heavy atom. The lowest BCUT2D eigenvalue weighted by molar-refractivity contribution is -0.143. The van der Waals surface area contributed by atoms with Gasteiger partial charge in [0.25, 0.3) is 0 Å². The Morgan fingerprint density at radius 1 is 0.474 bits per heavy atom. The first kappa shape index (κ1) is 55.6. The van der Waals surface area contributed by atoms with Crippen molar-refractivity contribution in [2.24, 2.45) is 0 Å². The standard InChI is InChI=1S/C51H99NO5/c1-3-5-7-9-11-13-15-20-25-29-33-37-41-45-51(56)57-46-42-38-34-30-26-22-19-17-18-21-24-28-32-36-40-44-50(55)52-48(47-53)49(54)43-39-35-31-27-23-16-14-12-10-8-6-4-2/h39,43,48-49,53-54H,3-38,40-42,44-47H2,1-2H3,(H,52,55)/b43-39+. The molecule has 0 radical (unpaired) electrons. The van der Waals surface area contributed by atoms with Crippen LogP contribution in [0.5, 0.6) is 0 Å². The minimum Gasteiger partial charge on any atom is -0.466 e. The van der Waals surface area contributed by atoms with E-state index in [1.807, 2.05) is 6.08 Å². The Bertz CT molecular complexity index is 847. The van der Waals surface area contributed by atoms with E-state index in [1.165, 1.54) is 205 Å². The summed E-state index contributed by atoms with van der Waals surface area (Å²) in [5.41, 5.74) is 0. The van der Waals surface area contributed by atoms with Crippen LogP contribution in [0.2, 0.25) is 0 Å². The van der Waals surface area contributed by atoms with Crippen molar-refractivity contribution >= 4 is 11.9 Å². The molecule has 0 saturated carbocycles. The van der Waals surface area contributed by atoms with Crippen LogP contribution in [0.15, 0.2) is 12.2 Å². The zero-order chi connectivity index (χ0) is 41.5. The highest BCUT2D eigenvalue weighted by atomic mass is 16.5. The van der Waals surface area contributed by atoms with Crippen molar-refractivity contribution in [2.45, 2.75) is 289 Å². The van der Waals surface area contributed by atoms with Crippen LogP contribution in [0.25, 0.3) is 0 Å². The Balaban J connectivity index is 3.44. The van der Waals surface area contributed by atoms with Crippen molar-refractivity contribution in [1.29, 1.82) is 0 Å². The van der Waals surface area contributed by atoms with E-state index in [9.17, 15) is 19.8 Å². The predicted molar refractivity (Wildman–Crippen MR) is 246 cm³/mol. The summed E-state index contributed by atoms with van der Waals surface area (Å²) in [7, 11) is 0. The van der Waals surface area contributed by atoms with Crippen molar-refractivity contribution in [3.8, 4) is 0 Å². The maximum Gasteiger partial charge on any atom is 0.305 e. The van der Waals surface area contributed by atoms with Gasteiger partial charge in [-0.25, -0.2) is 0 Å². The van der Waals surface area contributed by atoms with E-state index in [-0.39, 0.29) is 18.5 Å². The number of ether oxygens (including phenoxy) is 1. The third kappa shape index (κ3) is 44.0. The van der Waals surface area contributed by atoms with Gasteiger partial charge < -0.3 is 20.3 Å². The minimum atomic E-state index is -0.847. The highest BCUT2D eigenvalue weighted by Crippen LogP contribution is 2.16. The lowest BCUT2D eigenvalue weighted by Crippen LogP contribution is -2.45. The topological polar surface area (TPSA) is 95.9 Å². The number of hydrogen-bond donors (Lipinski definition) is 3. The van der Waals surface area contributed by atoms with Gasteiger partial charge in [0.05, 0.1) is 25.4 Å². The fourth-order valence-electron chi connectivity index (χ4n) is 7.87. The molecule has 0 fully saturated rings. The summed E-state index contributed by atoms with van der Waals surface area (Å²) in [6.07, 6.45) is 53.5. The number of carbonyl (C=O) groups is 2. The molecule has 338 valence electrons. The molecule has 0 heterocycles. The number of carbonyl (C=O) groups excluding carboxylic acids is 2. The van der Waals surface area contributed by atoms with Crippen LogP contribution in [0.1, 0.15) is 277 Å². The summed E-state index contributed by atoms with van der Waals surface area (Å²) in [5, 5.41) is 23.0. The molecule has 0 bridgehead atoms. The van der Waals surface area contributed by atoms with E-state index in [2.05, 4.69) is 19.2 Å². The SMILES string of the molecule is CCCCCCCCCCCC/C=C/C(O)C(CO)NC(=O)CCCCCCCCCCCCCCCCCOC(=O)CCCCCCCCCCCCCCC. The van der Waals surface area contributed by atoms with Crippen LogP contribution >= 0.6 is 0 Å². The molecular weight excluding hydrogens is 707 g/mol. The summed E-state index contributed by atoms with van der Waals surface area (Å²) in [5.74, 6) is -0.0757. The Morgan fingerprint density at radius 2 is 0.807 bits per heavy atom. The number of unbranched alkanes of at least 4 members (excludes halogenated alkanes) is 36. The molecule has 0 aliphatic rings. The first-order chi connectivity index (χ1) is 28.0. The third-order valence-electron chi connectivity index (χ3n) is 11.8. The molecule has 6 heteroatoms. The number of allylic oxidation sites excluding steroid dienone is 1. The van der Waals surface area contributed by atoms with E-state index in [1.54, 1.807) is 6.08 Å². The summed E-state index contributed by atoms with van der Waals surface area (Å²) in [6, 6.07) is -0.632. The van der Waals surface area contributed by atoms with Crippen molar-refractivity contribution < 1.29 is 24.5 Å². The second-order valence-corrected chi connectivity index (χ2v) is 17.5. The molecule has 0 aromatic carbocycles. The quantitative estimate of drug-likeness (QED) is 0.0323. The van der Waals surface area contributed by atoms with E-state index >= 15 is 0 Å². The molecule has 0 saturated heterocycles. The fourth-order valence-corrected chi connectivity index (χ4v) is 7.87. The molecule has 2 atom stereocenters. The van der Waals surface area contributed by atoms with Crippen LogP contribution < -0.4 is 5.32 Å². The van der Waals surface area contributed by atoms with Gasteiger partial charge in [0.15, 0.2) is 0 Å². The zero-order valence-electron chi connectivity index (χ0n) is 38.3. The molecule has 0 spiro atoms. The maximum absolute atomic E-state index is 12.4. The number of esters is 1. The third-order valence-corrected chi connectivity index (χ3v) is 11.8. The molecule has 2 unspecified atom stereocenters. The highest BCUT2D eigenvalue weighted by molar-refractivity contribution is 5.76. The first-order valence-corrected chi connectivity index (χ1v) is 25.5. The molecular formula is C51H99NO5. The molecule has 1 amide bonds. The van der Waals surface area contributed by atoms with Gasteiger partial charge in [-0.3, -0.25) is 9.59 Å². The van der Waals surface area contributed by atoms with Crippen LogP contribution in [0.4, 0.5) is 0 Å². The van der Waals surface area contributed by atoms with Crippen molar-refractivity contribution in [3.63, 3.8) is 0 Å². The Kier molecular flexibility index (Phi) is 46.1. The van der Waals surface area contributed by atoms with E-state index < -0.39 is 12.1 Å². The number of aliphatic hydroxyl groups is 2. The summed E-state index contributed by atoms with van der Waals surface area (Å²) >= 11 is 0. The second kappa shape index (κ2) is 47.3. The van der Waals surface area contributed by atoms with Gasteiger partial charge >= 0.3 is 5.97 Å². The monoisotopic (exact) mass is 806 g/mol. The van der Waals surface area contributed by atoms with Gasteiger partial charge in [-0.15, -0.1) is 0 Å². The largest absolute Gasteiger partial charge is 0.466 e. The Labute approximate surface area is 355 Å². The molecule has 57 heavy (non-hydrogen) atoms. The van der Waals surface area contributed by atoms with Gasteiger partial charge in [0.2, 0.25) is 5.91 Å². The summed E-state index contributed by atoms with van der Waals surface area (Å²) in [6.45, 7) is 4.88. The van der Waals surface area contributed by atoms with Crippen molar-refractivity contribution in [3.05, 3.63) is 12.2 Å². The zero-order valence-corrected chi connectivity index (χ0v) is 38.3. The molecule has 0 aliphatic heterocycles. The average molecular weight is 806 g/mol. The van der Waals surface area contributed by atoms with Gasteiger partial charge in [-0.1, -0.05) is 244 Å². The average Bonchev–Trinajstić information content (AvgIpc) is 3.21. The molecule has 0 rings (SSSR count). The lowest BCUT2D eigenvalue weighted by atomic mass is 10.0. The van der Waals surface area contributed by atoms with Gasteiger partial charge in [0, 0.05) is 12.8 Å². The summed E-state index contributed by atoms with van der Waals surface area (Å²) < 4.78 is 5.46. The van der Waals surface area contributed by atoms with E-state index in [0.29, 0.717) is 19.4 Å². The van der Waals surface area contributed by atoms with E-state index in [0.717, 1.165) is 44.9 Å². The molecule has 0 aromatic rings. The molecule has 3 N–H and O–H groups in total. The number of amides is 1. The molecule has 0 aromatic heterocycles. The predicted octanol–water partition coefficient (Wildman–Crippen LogP) is 15.0. The summed E-state index contributed by atoms with van der Waals surface area (Å²) in [4.78, 5) is 24.4.